The van der Waals surface area contributed by atoms with Crippen LogP contribution >= 0.6 is 0 Å². The molecule has 0 bridgehead atoms. The number of benzene rings is 2. The highest BCUT2D eigenvalue weighted by Gasteiger charge is 2.26. The van der Waals surface area contributed by atoms with Gasteiger partial charge in [-0.15, -0.1) is 0 Å². The van der Waals surface area contributed by atoms with E-state index in [4.69, 9.17) is 0 Å². The number of rotatable bonds is 6. The summed E-state index contributed by atoms with van der Waals surface area (Å²) in [6.07, 6.45) is 8.83. The van der Waals surface area contributed by atoms with Gasteiger partial charge in [0.1, 0.15) is 5.82 Å². The molecule has 2 saturated heterocycles. The van der Waals surface area contributed by atoms with Crippen molar-refractivity contribution in [3.63, 3.8) is 0 Å². The van der Waals surface area contributed by atoms with E-state index in [0.717, 1.165) is 19.0 Å². The Labute approximate surface area is 169 Å². The van der Waals surface area contributed by atoms with Crippen LogP contribution in [0.25, 0.3) is 0 Å². The van der Waals surface area contributed by atoms with Crippen LogP contribution in [-0.2, 0) is 12.8 Å². The molecule has 3 heteroatoms. The Balaban J connectivity index is 1.26. The van der Waals surface area contributed by atoms with Crippen molar-refractivity contribution in [3.8, 4) is 0 Å². The lowest BCUT2D eigenvalue weighted by Gasteiger charge is -2.41. The maximum Gasteiger partial charge on any atom is 0.123 e. The quantitative estimate of drug-likeness (QED) is 0.685. The minimum Gasteiger partial charge on any atom is -0.290 e. The summed E-state index contributed by atoms with van der Waals surface area (Å²) in [6.45, 7) is 4.76. The van der Waals surface area contributed by atoms with E-state index in [2.05, 4.69) is 40.1 Å². The Morgan fingerprint density at radius 3 is 2.21 bits per heavy atom. The molecule has 0 N–H and O–H groups in total. The third-order valence-electron chi connectivity index (χ3n) is 6.59. The van der Waals surface area contributed by atoms with Crippen LogP contribution in [0.2, 0.25) is 0 Å². The van der Waals surface area contributed by atoms with Crippen LogP contribution in [0.1, 0.15) is 43.2 Å². The highest BCUT2D eigenvalue weighted by molar-refractivity contribution is 5.17. The largest absolute Gasteiger partial charge is 0.290 e. The SMILES string of the molecule is Fc1ccc(CC2CCN(CN3CCCCC3Cc3ccccc3)CC2)cc1. The van der Waals surface area contributed by atoms with E-state index in [1.165, 1.54) is 69.3 Å². The van der Waals surface area contributed by atoms with Gasteiger partial charge in [0, 0.05) is 6.04 Å². The fourth-order valence-corrected chi connectivity index (χ4v) is 4.91. The van der Waals surface area contributed by atoms with Gasteiger partial charge in [0.25, 0.3) is 0 Å². The summed E-state index contributed by atoms with van der Waals surface area (Å²) in [5, 5.41) is 0. The second-order valence-electron chi connectivity index (χ2n) is 8.69. The first-order valence-corrected chi connectivity index (χ1v) is 11.0. The van der Waals surface area contributed by atoms with E-state index >= 15 is 0 Å². The minimum atomic E-state index is -0.134. The Morgan fingerprint density at radius 2 is 1.46 bits per heavy atom. The van der Waals surface area contributed by atoms with Crippen molar-refractivity contribution in [2.75, 3.05) is 26.3 Å². The number of hydrogen-bond donors (Lipinski definition) is 0. The number of hydrogen-bond acceptors (Lipinski definition) is 2. The van der Waals surface area contributed by atoms with Gasteiger partial charge in [-0.05, 0) is 87.3 Å². The van der Waals surface area contributed by atoms with Crippen molar-refractivity contribution < 1.29 is 4.39 Å². The standard InChI is InChI=1S/C25H33FN2/c26-24-11-9-22(10-12-24)18-23-13-16-27(17-14-23)20-28-15-5-4-8-25(28)19-21-6-2-1-3-7-21/h1-3,6-7,9-12,23,25H,4-5,8,13-20H2. The van der Waals surface area contributed by atoms with Crippen molar-refractivity contribution in [3.05, 3.63) is 71.5 Å². The van der Waals surface area contributed by atoms with E-state index < -0.39 is 0 Å². The normalized spacial score (nSPS) is 22.4. The number of nitrogens with zero attached hydrogens (tertiary/aromatic N) is 2. The Morgan fingerprint density at radius 1 is 0.750 bits per heavy atom. The van der Waals surface area contributed by atoms with E-state index in [-0.39, 0.29) is 5.82 Å². The van der Waals surface area contributed by atoms with Gasteiger partial charge in [0.15, 0.2) is 0 Å². The molecular formula is C25H33FN2. The van der Waals surface area contributed by atoms with Crippen molar-refractivity contribution >= 4 is 0 Å². The van der Waals surface area contributed by atoms with Crippen LogP contribution in [0.15, 0.2) is 54.6 Å². The number of piperidine rings is 2. The van der Waals surface area contributed by atoms with Gasteiger partial charge in [-0.25, -0.2) is 4.39 Å². The van der Waals surface area contributed by atoms with Crippen LogP contribution < -0.4 is 0 Å². The predicted molar refractivity (Wildman–Crippen MR) is 114 cm³/mol. The molecule has 2 fully saturated rings. The summed E-state index contributed by atoms with van der Waals surface area (Å²) in [6, 6.07) is 18.7. The molecule has 2 aliphatic heterocycles. The number of likely N-dealkylation sites (tertiary alicyclic amines) is 2. The Kier molecular flexibility index (Phi) is 6.77. The molecule has 0 radical (unpaired) electrons. The third kappa shape index (κ3) is 5.42. The second kappa shape index (κ2) is 9.67. The minimum absolute atomic E-state index is 0.134. The molecule has 0 saturated carbocycles. The average molecular weight is 381 g/mol. The van der Waals surface area contributed by atoms with Crippen molar-refractivity contribution in [1.82, 2.24) is 9.80 Å². The van der Waals surface area contributed by atoms with E-state index in [9.17, 15) is 4.39 Å². The van der Waals surface area contributed by atoms with Gasteiger partial charge in [0.05, 0.1) is 6.67 Å². The van der Waals surface area contributed by atoms with Crippen LogP contribution in [0.5, 0.6) is 0 Å². The van der Waals surface area contributed by atoms with Gasteiger partial charge in [-0.3, -0.25) is 9.80 Å². The molecule has 1 unspecified atom stereocenters. The van der Waals surface area contributed by atoms with Crippen molar-refractivity contribution in [2.45, 2.75) is 51.0 Å². The molecule has 0 amide bonds. The summed E-state index contributed by atoms with van der Waals surface area (Å²) in [7, 11) is 0. The molecule has 28 heavy (non-hydrogen) atoms. The molecule has 2 aromatic carbocycles. The molecule has 1 atom stereocenters. The van der Waals surface area contributed by atoms with Gasteiger partial charge in [-0.1, -0.05) is 48.9 Å². The summed E-state index contributed by atoms with van der Waals surface area (Å²) in [5.41, 5.74) is 2.75. The fraction of sp³-hybridized carbons (Fsp3) is 0.520. The fourth-order valence-electron chi connectivity index (χ4n) is 4.91. The maximum atomic E-state index is 13.1. The summed E-state index contributed by atoms with van der Waals surface area (Å²) in [5.74, 6) is 0.605. The molecule has 0 aromatic heterocycles. The zero-order valence-electron chi connectivity index (χ0n) is 16.9. The lowest BCUT2D eigenvalue weighted by Crippen LogP contribution is -2.49. The predicted octanol–water partition coefficient (Wildman–Crippen LogP) is 5.13. The zero-order chi connectivity index (χ0) is 19.2. The molecule has 0 aliphatic carbocycles. The number of halogens is 1. The van der Waals surface area contributed by atoms with Gasteiger partial charge >= 0.3 is 0 Å². The summed E-state index contributed by atoms with van der Waals surface area (Å²) in [4.78, 5) is 5.39. The van der Waals surface area contributed by atoms with Crippen LogP contribution in [-0.4, -0.2) is 42.1 Å². The molecule has 2 heterocycles. The van der Waals surface area contributed by atoms with Crippen LogP contribution in [0.3, 0.4) is 0 Å². The molecule has 0 spiro atoms. The van der Waals surface area contributed by atoms with Crippen LogP contribution in [0.4, 0.5) is 4.39 Å². The van der Waals surface area contributed by atoms with Crippen molar-refractivity contribution in [2.24, 2.45) is 5.92 Å². The van der Waals surface area contributed by atoms with E-state index in [0.29, 0.717) is 6.04 Å². The third-order valence-corrected chi connectivity index (χ3v) is 6.59. The van der Waals surface area contributed by atoms with Crippen LogP contribution in [0, 0.1) is 11.7 Å². The molecule has 2 aliphatic rings. The Bertz CT molecular complexity index is 707. The van der Waals surface area contributed by atoms with Gasteiger partial charge < -0.3 is 0 Å². The highest BCUT2D eigenvalue weighted by Crippen LogP contribution is 2.25. The Hall–Kier alpha value is -1.71. The molecular weight excluding hydrogens is 347 g/mol. The summed E-state index contributed by atoms with van der Waals surface area (Å²) < 4.78 is 13.1. The van der Waals surface area contributed by atoms with Gasteiger partial charge in [0.2, 0.25) is 0 Å². The first kappa shape index (κ1) is 19.6. The maximum absolute atomic E-state index is 13.1. The molecule has 2 aromatic rings. The monoisotopic (exact) mass is 380 g/mol. The first-order valence-electron chi connectivity index (χ1n) is 11.0. The zero-order valence-corrected chi connectivity index (χ0v) is 16.9. The smallest absolute Gasteiger partial charge is 0.123 e. The molecule has 150 valence electrons. The molecule has 2 nitrogen and oxygen atoms in total. The lowest BCUT2D eigenvalue weighted by molar-refractivity contribution is 0.0479. The lowest BCUT2D eigenvalue weighted by atomic mass is 9.90. The highest BCUT2D eigenvalue weighted by atomic mass is 19.1. The van der Waals surface area contributed by atoms with Crippen molar-refractivity contribution in [1.29, 1.82) is 0 Å². The van der Waals surface area contributed by atoms with Gasteiger partial charge in [-0.2, -0.15) is 0 Å². The topological polar surface area (TPSA) is 6.48 Å². The summed E-state index contributed by atoms with van der Waals surface area (Å²) >= 11 is 0. The van der Waals surface area contributed by atoms with E-state index in [1.807, 2.05) is 12.1 Å². The van der Waals surface area contributed by atoms with E-state index in [1.54, 1.807) is 12.1 Å². The average Bonchev–Trinajstić information content (AvgIpc) is 2.73. The molecule has 4 rings (SSSR count). The second-order valence-corrected chi connectivity index (χ2v) is 8.69. The first-order chi connectivity index (χ1) is 13.8.